The fourth-order valence-electron chi connectivity index (χ4n) is 10.5. The van der Waals surface area contributed by atoms with E-state index in [4.69, 9.17) is 14.0 Å². The van der Waals surface area contributed by atoms with Crippen LogP contribution in [0.15, 0.2) is 0 Å². The van der Waals surface area contributed by atoms with Crippen molar-refractivity contribution in [3.8, 4) is 0 Å². The fraction of sp³-hybridized carbons (Fsp3) is 0.943. The number of unbranched alkanes of at least 4 members (excludes halogenated alkanes) is 46. The Morgan fingerprint density at radius 1 is 0.293 bits per heavy atom. The van der Waals surface area contributed by atoms with Gasteiger partial charge in [0, 0.05) is 0 Å². The van der Waals surface area contributed by atoms with Crippen LogP contribution in [0.2, 0.25) is 4.44 Å². The van der Waals surface area contributed by atoms with Crippen molar-refractivity contribution in [3.63, 3.8) is 0 Å². The molecule has 82 heavy (non-hydrogen) atoms. The monoisotopic (exact) mass is 1320 g/mol. The minimum absolute atomic E-state index is 0.133. The Kier molecular flexibility index (Phi) is 63.5. The van der Waals surface area contributed by atoms with Gasteiger partial charge in [-0.3, -0.25) is 0 Å². The van der Waals surface area contributed by atoms with Gasteiger partial charge in [0.2, 0.25) is 0 Å². The second-order valence-corrected chi connectivity index (χ2v) is 35.9. The van der Waals surface area contributed by atoms with Crippen molar-refractivity contribution in [1.82, 2.24) is 0 Å². The number of hydrogen-bond donors (Lipinski definition) is 0. The van der Waals surface area contributed by atoms with Crippen molar-refractivity contribution in [2.45, 2.75) is 396 Å². The Balaban J connectivity index is 5.39. The van der Waals surface area contributed by atoms with E-state index < -0.39 is 59.2 Å². The molecule has 3 atom stereocenters. The average Bonchev–Trinajstić information content (AvgIpc) is 3.51. The summed E-state index contributed by atoms with van der Waals surface area (Å²) >= 11 is -0.896. The molecule has 0 saturated carbocycles. The van der Waals surface area contributed by atoms with Crippen LogP contribution < -0.4 is 0 Å². The van der Waals surface area contributed by atoms with Crippen LogP contribution in [0, 0.1) is 0 Å². The Labute approximate surface area is 528 Å². The van der Waals surface area contributed by atoms with Crippen LogP contribution in [-0.2, 0) is 33.1 Å². The second kappa shape index (κ2) is 63.7. The number of rotatable bonds is 66. The molecule has 0 bridgehead atoms. The topological polar surface area (TPSA) is 105 Å². The molecule has 0 rings (SSSR count). The summed E-state index contributed by atoms with van der Waals surface area (Å²) in [5.74, 6) is 0.319. The number of ether oxygens (including phenoxy) is 1. The fourth-order valence-corrected chi connectivity index (χ4v) is 20.8. The number of hydrogen-bond acceptors (Lipinski definition) is 11. The molecule has 0 heterocycles. The Morgan fingerprint density at radius 3 is 0.695 bits per heavy atom. The van der Waals surface area contributed by atoms with Gasteiger partial charge in [0.25, 0.3) is 0 Å². The van der Waals surface area contributed by atoms with Crippen LogP contribution in [0.1, 0.15) is 376 Å². The molecular weight excluding hydrogens is 1180 g/mol. The minimum atomic E-state index is -5.50. The molecule has 0 amide bonds. The number of esters is 1. The zero-order chi connectivity index (χ0) is 60.1. The van der Waals surface area contributed by atoms with Crippen molar-refractivity contribution in [1.29, 1.82) is 0 Å². The Hall–Kier alpha value is -0.271. The van der Waals surface area contributed by atoms with Gasteiger partial charge < -0.3 is 0 Å². The molecule has 0 N–H and O–H groups in total. The first-order valence-electron chi connectivity index (χ1n) is 35.7. The molecule has 8 nitrogen and oxygen atoms in total. The Morgan fingerprint density at radius 2 is 0.488 bits per heavy atom. The predicted octanol–water partition coefficient (Wildman–Crippen LogP) is 23.4. The SMILES string of the molecule is CCCCCCCCCCCCCCCCCCSC(C)C(=O)[O][Sn]([CH2]CC(=O)OCCCC)([O]C(=O)C(C)SCCCCCCCCCCCCCCCCCC)[O]C(=O)C(C)SCCCCCCCCCCCCCCCCCC. The first-order chi connectivity index (χ1) is 40.1. The maximum atomic E-state index is 14.1. The van der Waals surface area contributed by atoms with Crippen LogP contribution >= 0.6 is 35.3 Å². The molecule has 0 spiro atoms. The van der Waals surface area contributed by atoms with Crippen LogP contribution in [-0.4, -0.2) is 83.1 Å². The van der Waals surface area contributed by atoms with E-state index in [0.717, 1.165) is 68.6 Å². The molecule has 0 aliphatic rings. The summed E-state index contributed by atoms with van der Waals surface area (Å²) in [5, 5.41) is -1.65. The molecule has 486 valence electrons. The normalized spacial score (nSPS) is 13.4. The van der Waals surface area contributed by atoms with E-state index >= 15 is 0 Å². The van der Waals surface area contributed by atoms with Crippen LogP contribution in [0.5, 0.6) is 0 Å². The molecule has 0 aliphatic heterocycles. The van der Waals surface area contributed by atoms with Gasteiger partial charge in [-0.2, -0.15) is 0 Å². The van der Waals surface area contributed by atoms with Gasteiger partial charge in [0.1, 0.15) is 0 Å². The smallest absolute Gasteiger partial charge is 0.0654 e. The first-order valence-corrected chi connectivity index (χ1v) is 44.4. The summed E-state index contributed by atoms with van der Waals surface area (Å²) in [6.07, 6.45) is 64.3. The van der Waals surface area contributed by atoms with Gasteiger partial charge in [0.05, 0.1) is 0 Å². The quantitative estimate of drug-likeness (QED) is 0.0330. The molecule has 3 unspecified atom stereocenters. The summed E-state index contributed by atoms with van der Waals surface area (Å²) < 4.78 is 24.3. The predicted molar refractivity (Wildman–Crippen MR) is 364 cm³/mol. The molecular formula is C70H136O8S3Sn. The maximum absolute atomic E-state index is 14.1. The van der Waals surface area contributed by atoms with Gasteiger partial charge >= 0.3 is 338 Å². The molecule has 12 heteroatoms. The minimum Gasteiger partial charge on any atom is -0.0654 e. The first kappa shape index (κ1) is 81.7. The third-order valence-electron chi connectivity index (χ3n) is 16.3. The summed E-state index contributed by atoms with van der Waals surface area (Å²) in [4.78, 5) is 55.5. The van der Waals surface area contributed by atoms with E-state index in [2.05, 4.69) is 20.8 Å². The molecule has 0 aromatic carbocycles. The van der Waals surface area contributed by atoms with Crippen LogP contribution in [0.4, 0.5) is 0 Å². The number of thioether (sulfide) groups is 3. The van der Waals surface area contributed by atoms with Gasteiger partial charge in [-0.05, 0) is 0 Å². The van der Waals surface area contributed by atoms with Crippen molar-refractivity contribution in [3.05, 3.63) is 0 Å². The standard InChI is InChI=1S/3C21H42O2S.C7H13O2.Sn/c3*1-3-4-5-6-7-8-9-10-11-12-13-14-15-16-17-18-19-24-20(2)21(22)23;1-3-5-6-9-7(8)4-2;/h3*20H,3-19H2,1-2H3,(H,22,23);2-6H2,1H3;/q;;;;+3/p-3. The summed E-state index contributed by atoms with van der Waals surface area (Å²) in [7, 11) is 0. The number of carbonyl (C=O) groups excluding carboxylic acids is 4. The molecule has 0 saturated heterocycles. The van der Waals surface area contributed by atoms with E-state index in [9.17, 15) is 19.2 Å². The summed E-state index contributed by atoms with van der Waals surface area (Å²) in [6.45, 7) is 14.6. The van der Waals surface area contributed by atoms with E-state index in [-0.39, 0.29) is 17.5 Å². The third kappa shape index (κ3) is 55.1. The third-order valence-corrected chi connectivity index (χ3v) is 26.8. The van der Waals surface area contributed by atoms with Crippen molar-refractivity contribution in [2.75, 3.05) is 23.9 Å². The van der Waals surface area contributed by atoms with Gasteiger partial charge in [-0.15, -0.1) is 0 Å². The number of carbonyl (C=O) groups is 4. The van der Waals surface area contributed by atoms with E-state index in [0.29, 0.717) is 0 Å². The molecule has 0 radical (unpaired) electrons. The average molecular weight is 1320 g/mol. The molecule has 0 aromatic rings. The molecule has 0 aliphatic carbocycles. The molecule has 0 aromatic heterocycles. The van der Waals surface area contributed by atoms with Crippen molar-refractivity contribution < 1.29 is 33.1 Å². The summed E-state index contributed by atoms with van der Waals surface area (Å²) in [6, 6.07) is 0. The zero-order valence-corrected chi connectivity index (χ0v) is 60.6. The van der Waals surface area contributed by atoms with Crippen molar-refractivity contribution >= 4 is 78.8 Å². The Bertz CT molecular complexity index is 1270. The second-order valence-electron chi connectivity index (χ2n) is 24.5. The van der Waals surface area contributed by atoms with E-state index in [1.807, 2.05) is 27.7 Å². The molecule has 0 fully saturated rings. The van der Waals surface area contributed by atoms with Crippen LogP contribution in [0.25, 0.3) is 0 Å². The van der Waals surface area contributed by atoms with Crippen LogP contribution in [0.3, 0.4) is 0 Å². The van der Waals surface area contributed by atoms with E-state index in [1.165, 1.54) is 305 Å². The van der Waals surface area contributed by atoms with Gasteiger partial charge in [-0.25, -0.2) is 0 Å². The van der Waals surface area contributed by atoms with E-state index in [1.54, 1.807) is 0 Å². The zero-order valence-electron chi connectivity index (χ0n) is 55.3. The van der Waals surface area contributed by atoms with Gasteiger partial charge in [-0.1, -0.05) is 194 Å². The van der Waals surface area contributed by atoms with Crippen molar-refractivity contribution in [2.24, 2.45) is 0 Å². The van der Waals surface area contributed by atoms with Gasteiger partial charge in [0.15, 0.2) is 0 Å². The summed E-state index contributed by atoms with van der Waals surface area (Å²) in [5.41, 5.74) is 0.